The summed E-state index contributed by atoms with van der Waals surface area (Å²) in [6.45, 7) is -0.798. The van der Waals surface area contributed by atoms with Crippen LogP contribution in [0.15, 0.2) is 42.5 Å². The number of benzene rings is 2. The molecule has 0 aliphatic carbocycles. The molecule has 0 aromatic heterocycles. The molecular weight excluding hydrogens is 308 g/mol. The van der Waals surface area contributed by atoms with Crippen molar-refractivity contribution in [3.05, 3.63) is 65.2 Å². The molecule has 0 bridgehead atoms. The number of halogens is 2. The summed E-state index contributed by atoms with van der Waals surface area (Å²) >= 11 is 0. The molecule has 2 aromatic rings. The number of amides is 1. The first-order chi connectivity index (χ1) is 11.0. The molecule has 0 saturated carbocycles. The minimum atomic E-state index is -0.800. The minimum Gasteiger partial charge on any atom is -0.452 e. The highest BCUT2D eigenvalue weighted by Gasteiger charge is 2.12. The predicted molar refractivity (Wildman–Crippen MR) is 77.6 cm³/mol. The number of ether oxygens (including phenoxy) is 1. The first-order valence-corrected chi connectivity index (χ1v) is 6.61. The number of aliphatic hydroxyl groups is 1. The lowest BCUT2D eigenvalue weighted by atomic mass is 10.1. The number of carbonyl (C=O) groups is 2. The van der Waals surface area contributed by atoms with E-state index in [9.17, 15) is 18.4 Å². The second-order valence-electron chi connectivity index (χ2n) is 4.60. The van der Waals surface area contributed by atoms with Crippen LogP contribution in [0.5, 0.6) is 0 Å². The average Bonchev–Trinajstić information content (AvgIpc) is 2.56. The summed E-state index contributed by atoms with van der Waals surface area (Å²) in [5.74, 6) is -3.05. The number of aliphatic hydroxyl groups excluding tert-OH is 1. The molecule has 0 aliphatic heterocycles. The molecule has 7 heteroatoms. The Hall–Kier alpha value is -2.80. The van der Waals surface area contributed by atoms with E-state index in [0.29, 0.717) is 5.56 Å². The van der Waals surface area contributed by atoms with Gasteiger partial charge in [-0.05, 0) is 29.8 Å². The first-order valence-electron chi connectivity index (χ1n) is 6.61. The fourth-order valence-electron chi connectivity index (χ4n) is 1.74. The third-order valence-electron chi connectivity index (χ3n) is 2.91. The topological polar surface area (TPSA) is 75.6 Å². The van der Waals surface area contributed by atoms with E-state index in [1.807, 2.05) is 0 Å². The maximum atomic E-state index is 13.4. The van der Waals surface area contributed by atoms with Gasteiger partial charge in [0.1, 0.15) is 11.6 Å². The number of rotatable bonds is 5. The zero-order valence-electron chi connectivity index (χ0n) is 11.9. The molecule has 2 aromatic carbocycles. The quantitative estimate of drug-likeness (QED) is 0.828. The van der Waals surface area contributed by atoms with Gasteiger partial charge in [0, 0.05) is 6.07 Å². The molecular formula is C16H13F2NO4. The molecule has 0 aliphatic rings. The molecule has 5 nitrogen and oxygen atoms in total. The van der Waals surface area contributed by atoms with E-state index in [-0.39, 0.29) is 17.9 Å². The van der Waals surface area contributed by atoms with Crippen molar-refractivity contribution in [1.29, 1.82) is 0 Å². The first kappa shape index (κ1) is 16.6. The second kappa shape index (κ2) is 7.46. The van der Waals surface area contributed by atoms with Crippen molar-refractivity contribution in [3.8, 4) is 0 Å². The normalized spacial score (nSPS) is 10.2. The van der Waals surface area contributed by atoms with Gasteiger partial charge in [0.25, 0.3) is 5.91 Å². The number of esters is 1. The summed E-state index contributed by atoms with van der Waals surface area (Å²) in [5.41, 5.74) is 0.492. The largest absolute Gasteiger partial charge is 0.452 e. The second-order valence-corrected chi connectivity index (χ2v) is 4.60. The van der Waals surface area contributed by atoms with Gasteiger partial charge in [-0.3, -0.25) is 4.79 Å². The molecule has 0 spiro atoms. The summed E-state index contributed by atoms with van der Waals surface area (Å²) in [6.07, 6.45) is 0. The Morgan fingerprint density at radius 3 is 2.43 bits per heavy atom. The number of anilines is 1. The summed E-state index contributed by atoms with van der Waals surface area (Å²) in [7, 11) is 0. The van der Waals surface area contributed by atoms with Crippen LogP contribution in [0.4, 0.5) is 14.5 Å². The van der Waals surface area contributed by atoms with Crippen molar-refractivity contribution in [3.63, 3.8) is 0 Å². The van der Waals surface area contributed by atoms with Gasteiger partial charge >= 0.3 is 5.97 Å². The van der Waals surface area contributed by atoms with Crippen molar-refractivity contribution in [1.82, 2.24) is 0 Å². The van der Waals surface area contributed by atoms with Gasteiger partial charge in [0.15, 0.2) is 6.61 Å². The molecule has 1 amide bonds. The fraction of sp³-hybridized carbons (Fsp3) is 0.125. The van der Waals surface area contributed by atoms with E-state index in [2.05, 4.69) is 5.32 Å². The monoisotopic (exact) mass is 321 g/mol. The van der Waals surface area contributed by atoms with Crippen molar-refractivity contribution >= 4 is 17.6 Å². The Balaban J connectivity index is 1.90. The standard InChI is InChI=1S/C16H13F2NO4/c17-12-5-6-13(18)14(7-12)19-15(21)9-23-16(22)11-3-1-10(8-20)2-4-11/h1-7,20H,8-9H2,(H,19,21). The Bertz CT molecular complexity index is 717. The van der Waals surface area contributed by atoms with E-state index < -0.39 is 30.1 Å². The van der Waals surface area contributed by atoms with Crippen LogP contribution in [0.3, 0.4) is 0 Å². The highest BCUT2D eigenvalue weighted by atomic mass is 19.1. The molecule has 0 unspecified atom stereocenters. The molecule has 0 fully saturated rings. The van der Waals surface area contributed by atoms with Crippen LogP contribution in [0.25, 0.3) is 0 Å². The Morgan fingerprint density at radius 1 is 1.09 bits per heavy atom. The lowest BCUT2D eigenvalue weighted by Crippen LogP contribution is -2.21. The number of hydrogen-bond acceptors (Lipinski definition) is 4. The van der Waals surface area contributed by atoms with Crippen molar-refractivity contribution in [2.24, 2.45) is 0 Å². The van der Waals surface area contributed by atoms with Crippen LogP contribution in [-0.4, -0.2) is 23.6 Å². The third-order valence-corrected chi connectivity index (χ3v) is 2.91. The van der Waals surface area contributed by atoms with Crippen LogP contribution in [0.2, 0.25) is 0 Å². The van der Waals surface area contributed by atoms with Crippen molar-refractivity contribution < 1.29 is 28.2 Å². The van der Waals surface area contributed by atoms with Crippen LogP contribution < -0.4 is 5.32 Å². The minimum absolute atomic E-state index is 0.156. The van der Waals surface area contributed by atoms with Crippen LogP contribution in [0.1, 0.15) is 15.9 Å². The molecule has 0 radical (unpaired) electrons. The van der Waals surface area contributed by atoms with Crippen molar-refractivity contribution in [2.75, 3.05) is 11.9 Å². The van der Waals surface area contributed by atoms with Crippen LogP contribution in [-0.2, 0) is 16.1 Å². The van der Waals surface area contributed by atoms with E-state index in [1.54, 1.807) is 12.1 Å². The van der Waals surface area contributed by atoms with Crippen molar-refractivity contribution in [2.45, 2.75) is 6.61 Å². The highest BCUT2D eigenvalue weighted by Crippen LogP contribution is 2.15. The van der Waals surface area contributed by atoms with Gasteiger partial charge in [-0.15, -0.1) is 0 Å². The van der Waals surface area contributed by atoms with Crippen LogP contribution >= 0.6 is 0 Å². The average molecular weight is 321 g/mol. The molecule has 0 saturated heterocycles. The summed E-state index contributed by atoms with van der Waals surface area (Å²) in [5, 5.41) is 11.0. The van der Waals surface area contributed by atoms with E-state index >= 15 is 0 Å². The molecule has 2 N–H and O–H groups in total. The van der Waals surface area contributed by atoms with E-state index in [0.717, 1.165) is 18.2 Å². The third kappa shape index (κ3) is 4.58. The van der Waals surface area contributed by atoms with Gasteiger partial charge in [0.2, 0.25) is 0 Å². The number of nitrogens with one attached hydrogen (secondary N) is 1. The van der Waals surface area contributed by atoms with E-state index in [4.69, 9.17) is 9.84 Å². The molecule has 2 rings (SSSR count). The number of hydrogen-bond donors (Lipinski definition) is 2. The zero-order valence-corrected chi connectivity index (χ0v) is 11.9. The molecule has 120 valence electrons. The lowest BCUT2D eigenvalue weighted by Gasteiger charge is -2.08. The maximum Gasteiger partial charge on any atom is 0.338 e. The summed E-state index contributed by atoms with van der Waals surface area (Å²) < 4.78 is 31.1. The molecule has 0 heterocycles. The Morgan fingerprint density at radius 2 is 1.78 bits per heavy atom. The van der Waals surface area contributed by atoms with Gasteiger partial charge in [-0.25, -0.2) is 13.6 Å². The number of carbonyl (C=O) groups excluding carboxylic acids is 2. The maximum absolute atomic E-state index is 13.4. The summed E-state index contributed by atoms with van der Waals surface area (Å²) in [6, 6.07) is 8.58. The van der Waals surface area contributed by atoms with Crippen LogP contribution in [0, 0.1) is 11.6 Å². The Labute approximate surface area is 130 Å². The molecule has 23 heavy (non-hydrogen) atoms. The summed E-state index contributed by atoms with van der Waals surface area (Å²) in [4.78, 5) is 23.3. The SMILES string of the molecule is O=C(COC(=O)c1ccc(CO)cc1)Nc1cc(F)ccc1F. The smallest absolute Gasteiger partial charge is 0.338 e. The highest BCUT2D eigenvalue weighted by molar-refractivity contribution is 5.95. The Kier molecular flexibility index (Phi) is 5.37. The lowest BCUT2D eigenvalue weighted by molar-refractivity contribution is -0.119. The predicted octanol–water partition coefficient (Wildman–Crippen LogP) is 2.25. The van der Waals surface area contributed by atoms with Gasteiger partial charge in [-0.1, -0.05) is 12.1 Å². The van der Waals surface area contributed by atoms with Gasteiger partial charge < -0.3 is 15.2 Å². The van der Waals surface area contributed by atoms with Gasteiger partial charge in [-0.2, -0.15) is 0 Å². The fourth-order valence-corrected chi connectivity index (χ4v) is 1.74. The van der Waals surface area contributed by atoms with Gasteiger partial charge in [0.05, 0.1) is 17.9 Å². The molecule has 0 atom stereocenters. The zero-order chi connectivity index (χ0) is 16.8. The van der Waals surface area contributed by atoms with E-state index in [1.165, 1.54) is 12.1 Å².